The minimum atomic E-state index is -0.102. The Morgan fingerprint density at radius 3 is 2.38 bits per heavy atom. The molecule has 13 heavy (non-hydrogen) atoms. The van der Waals surface area contributed by atoms with Gasteiger partial charge in [0, 0.05) is 5.41 Å². The Labute approximate surface area is 85.8 Å². The van der Waals surface area contributed by atoms with Crippen LogP contribution in [0.15, 0.2) is 0 Å². The van der Waals surface area contributed by atoms with Crippen LogP contribution < -0.4 is 0 Å². The van der Waals surface area contributed by atoms with Gasteiger partial charge in [-0.05, 0) is 30.9 Å². The molecular formula is C11H19ClO. The lowest BCUT2D eigenvalue weighted by molar-refractivity contribution is -0.125. The van der Waals surface area contributed by atoms with E-state index in [4.69, 9.17) is 11.6 Å². The van der Waals surface area contributed by atoms with E-state index in [1.807, 2.05) is 0 Å². The normalized spacial score (nSPS) is 19.5. The second-order valence-electron chi connectivity index (χ2n) is 4.22. The zero-order valence-corrected chi connectivity index (χ0v) is 9.20. The molecule has 0 amide bonds. The SMILES string of the molecule is CCCCCCC1(C(=O)Cl)CCC1. The van der Waals surface area contributed by atoms with Crippen LogP contribution in [0, 0.1) is 5.41 Å². The highest BCUT2D eigenvalue weighted by molar-refractivity contribution is 6.64. The van der Waals surface area contributed by atoms with Gasteiger partial charge in [-0.25, -0.2) is 0 Å². The molecule has 1 nitrogen and oxygen atoms in total. The zero-order valence-electron chi connectivity index (χ0n) is 8.44. The minimum Gasteiger partial charge on any atom is -0.281 e. The largest absolute Gasteiger partial charge is 0.281 e. The number of hydrogen-bond acceptors (Lipinski definition) is 1. The molecule has 0 saturated heterocycles. The van der Waals surface area contributed by atoms with Crippen molar-refractivity contribution in [1.29, 1.82) is 0 Å². The molecule has 1 saturated carbocycles. The van der Waals surface area contributed by atoms with Crippen LogP contribution in [-0.4, -0.2) is 5.24 Å². The Morgan fingerprint density at radius 2 is 2.00 bits per heavy atom. The Morgan fingerprint density at radius 1 is 1.31 bits per heavy atom. The molecule has 0 aliphatic heterocycles. The van der Waals surface area contributed by atoms with E-state index in [0.29, 0.717) is 0 Å². The highest BCUT2D eigenvalue weighted by Crippen LogP contribution is 2.46. The van der Waals surface area contributed by atoms with Gasteiger partial charge in [0.25, 0.3) is 0 Å². The van der Waals surface area contributed by atoms with E-state index in [2.05, 4.69) is 6.92 Å². The smallest absolute Gasteiger partial charge is 0.227 e. The first kappa shape index (κ1) is 11.0. The van der Waals surface area contributed by atoms with Crippen LogP contribution in [0.5, 0.6) is 0 Å². The topological polar surface area (TPSA) is 17.1 Å². The van der Waals surface area contributed by atoms with Crippen molar-refractivity contribution in [3.8, 4) is 0 Å². The maximum atomic E-state index is 11.2. The molecule has 2 heteroatoms. The molecule has 1 rings (SSSR count). The molecule has 76 valence electrons. The highest BCUT2D eigenvalue weighted by Gasteiger charge is 2.42. The molecule has 0 aromatic carbocycles. The molecule has 0 N–H and O–H groups in total. The molecule has 0 heterocycles. The summed E-state index contributed by atoms with van der Waals surface area (Å²) in [4.78, 5) is 11.2. The van der Waals surface area contributed by atoms with Gasteiger partial charge in [-0.2, -0.15) is 0 Å². The van der Waals surface area contributed by atoms with Gasteiger partial charge in [0.05, 0.1) is 0 Å². The summed E-state index contributed by atoms with van der Waals surface area (Å²) >= 11 is 5.61. The third-order valence-corrected chi connectivity index (χ3v) is 3.64. The fourth-order valence-corrected chi connectivity index (χ4v) is 2.32. The molecular weight excluding hydrogens is 184 g/mol. The Hall–Kier alpha value is -0.0400. The van der Waals surface area contributed by atoms with Crippen LogP contribution >= 0.6 is 11.6 Å². The maximum Gasteiger partial charge on any atom is 0.227 e. The van der Waals surface area contributed by atoms with Gasteiger partial charge >= 0.3 is 0 Å². The summed E-state index contributed by atoms with van der Waals surface area (Å²) in [5.41, 5.74) is -0.102. The highest BCUT2D eigenvalue weighted by atomic mass is 35.5. The zero-order chi connectivity index (χ0) is 9.73. The Balaban J connectivity index is 2.21. The number of carbonyl (C=O) groups is 1. The maximum absolute atomic E-state index is 11.2. The van der Waals surface area contributed by atoms with E-state index in [1.54, 1.807) is 0 Å². The number of halogens is 1. The van der Waals surface area contributed by atoms with Crippen molar-refractivity contribution in [3.05, 3.63) is 0 Å². The predicted molar refractivity (Wildman–Crippen MR) is 55.9 cm³/mol. The van der Waals surface area contributed by atoms with E-state index in [9.17, 15) is 4.79 Å². The minimum absolute atomic E-state index is 0.0877. The summed E-state index contributed by atoms with van der Waals surface area (Å²) in [6.07, 6.45) is 9.23. The average Bonchev–Trinajstić information content (AvgIpc) is 2.01. The number of rotatable bonds is 6. The quantitative estimate of drug-likeness (QED) is 0.472. The van der Waals surface area contributed by atoms with Crippen LogP contribution in [0.2, 0.25) is 0 Å². The van der Waals surface area contributed by atoms with E-state index in [1.165, 1.54) is 32.1 Å². The van der Waals surface area contributed by atoms with Crippen LogP contribution in [0.25, 0.3) is 0 Å². The summed E-state index contributed by atoms with van der Waals surface area (Å²) in [6, 6.07) is 0. The molecule has 0 aromatic heterocycles. The first-order valence-corrected chi connectivity index (χ1v) is 5.79. The number of hydrogen-bond donors (Lipinski definition) is 0. The van der Waals surface area contributed by atoms with Gasteiger partial charge in [0.1, 0.15) is 0 Å². The van der Waals surface area contributed by atoms with Crippen molar-refractivity contribution >= 4 is 16.8 Å². The monoisotopic (exact) mass is 202 g/mol. The standard InChI is InChI=1S/C11H19ClO/c1-2-3-4-5-7-11(10(12)13)8-6-9-11/h2-9H2,1H3. The lowest BCUT2D eigenvalue weighted by Crippen LogP contribution is -2.35. The van der Waals surface area contributed by atoms with Gasteiger partial charge < -0.3 is 0 Å². The molecule has 1 aliphatic carbocycles. The number of unbranched alkanes of at least 4 members (excludes halogenated alkanes) is 3. The third kappa shape index (κ3) is 2.70. The fourth-order valence-electron chi connectivity index (χ4n) is 2.04. The summed E-state index contributed by atoms with van der Waals surface area (Å²) in [6.45, 7) is 2.20. The Bertz CT molecular complexity index is 173. The lowest BCUT2D eigenvalue weighted by Gasteiger charge is -2.38. The molecule has 0 spiro atoms. The van der Waals surface area contributed by atoms with E-state index < -0.39 is 0 Å². The van der Waals surface area contributed by atoms with Crippen molar-refractivity contribution in [2.45, 2.75) is 58.3 Å². The molecule has 1 fully saturated rings. The van der Waals surface area contributed by atoms with E-state index >= 15 is 0 Å². The summed E-state index contributed by atoms with van der Waals surface area (Å²) in [5, 5.41) is -0.0877. The molecule has 0 atom stereocenters. The lowest BCUT2D eigenvalue weighted by atomic mass is 9.67. The van der Waals surface area contributed by atoms with Crippen molar-refractivity contribution < 1.29 is 4.79 Å². The fraction of sp³-hybridized carbons (Fsp3) is 0.909. The summed E-state index contributed by atoms with van der Waals surface area (Å²) < 4.78 is 0. The first-order chi connectivity index (χ1) is 6.21. The molecule has 0 aromatic rings. The number of carbonyl (C=O) groups excluding carboxylic acids is 1. The average molecular weight is 203 g/mol. The van der Waals surface area contributed by atoms with Crippen LogP contribution in [-0.2, 0) is 4.79 Å². The molecule has 1 aliphatic rings. The van der Waals surface area contributed by atoms with Crippen molar-refractivity contribution in [2.24, 2.45) is 5.41 Å². The van der Waals surface area contributed by atoms with Gasteiger partial charge in [-0.15, -0.1) is 0 Å². The second-order valence-corrected chi connectivity index (χ2v) is 4.56. The van der Waals surface area contributed by atoms with Crippen molar-refractivity contribution in [3.63, 3.8) is 0 Å². The van der Waals surface area contributed by atoms with E-state index in [-0.39, 0.29) is 10.7 Å². The Kier molecular flexibility index (Phi) is 4.24. The summed E-state index contributed by atoms with van der Waals surface area (Å²) in [5.74, 6) is 0. The molecule has 0 radical (unpaired) electrons. The second kappa shape index (κ2) is 4.99. The van der Waals surface area contributed by atoms with E-state index in [0.717, 1.165) is 19.3 Å². The van der Waals surface area contributed by atoms with Crippen LogP contribution in [0.3, 0.4) is 0 Å². The van der Waals surface area contributed by atoms with Gasteiger partial charge in [0.15, 0.2) is 0 Å². The van der Waals surface area contributed by atoms with Crippen LogP contribution in [0.4, 0.5) is 0 Å². The van der Waals surface area contributed by atoms with Crippen molar-refractivity contribution in [2.75, 3.05) is 0 Å². The van der Waals surface area contributed by atoms with Gasteiger partial charge in [0.2, 0.25) is 5.24 Å². The van der Waals surface area contributed by atoms with Gasteiger partial charge in [-0.3, -0.25) is 4.79 Å². The molecule has 0 bridgehead atoms. The van der Waals surface area contributed by atoms with Crippen molar-refractivity contribution in [1.82, 2.24) is 0 Å². The van der Waals surface area contributed by atoms with Gasteiger partial charge in [-0.1, -0.05) is 39.0 Å². The third-order valence-electron chi connectivity index (χ3n) is 3.24. The predicted octanol–water partition coefficient (Wildman–Crippen LogP) is 3.89. The summed E-state index contributed by atoms with van der Waals surface area (Å²) in [7, 11) is 0. The first-order valence-electron chi connectivity index (χ1n) is 5.41. The molecule has 0 unspecified atom stereocenters. The van der Waals surface area contributed by atoms with Crippen LogP contribution in [0.1, 0.15) is 58.3 Å².